The minimum atomic E-state index is -0.136. The van der Waals surface area contributed by atoms with Gasteiger partial charge in [0.2, 0.25) is 0 Å². The second kappa shape index (κ2) is 5.95. The zero-order valence-electron chi connectivity index (χ0n) is 11.0. The van der Waals surface area contributed by atoms with Crippen molar-refractivity contribution in [3.63, 3.8) is 0 Å². The number of amides is 1. The number of fused-ring (bicyclic) bond motifs is 1. The van der Waals surface area contributed by atoms with Gasteiger partial charge in [-0.05, 0) is 35.9 Å². The lowest BCUT2D eigenvalue weighted by atomic mass is 10.1. The number of hydrogen-bond acceptors (Lipinski definition) is 3. The van der Waals surface area contributed by atoms with E-state index in [4.69, 9.17) is 16.3 Å². The van der Waals surface area contributed by atoms with E-state index in [1.54, 1.807) is 0 Å². The number of anilines is 2. The maximum absolute atomic E-state index is 11.3. The van der Waals surface area contributed by atoms with Gasteiger partial charge < -0.3 is 15.4 Å². The average Bonchev–Trinajstić information content (AvgIpc) is 2.46. The van der Waals surface area contributed by atoms with Gasteiger partial charge in [0.05, 0.1) is 16.4 Å². The fourth-order valence-electron chi connectivity index (χ4n) is 2.07. The molecule has 0 radical (unpaired) electrons. The second-order valence-corrected chi connectivity index (χ2v) is 5.97. The highest BCUT2D eigenvalue weighted by molar-refractivity contribution is 9.10. The van der Waals surface area contributed by atoms with Crippen molar-refractivity contribution in [1.29, 1.82) is 0 Å². The lowest BCUT2D eigenvalue weighted by Crippen LogP contribution is -2.25. The molecule has 108 valence electrons. The SMILES string of the molecule is O=C1COc2ccc(CNc3ccc(Br)cc3Cl)cc2N1. The van der Waals surface area contributed by atoms with E-state index in [9.17, 15) is 4.79 Å². The van der Waals surface area contributed by atoms with Crippen LogP contribution in [-0.4, -0.2) is 12.5 Å². The van der Waals surface area contributed by atoms with Crippen molar-refractivity contribution in [2.45, 2.75) is 6.54 Å². The Morgan fingerprint density at radius 3 is 2.95 bits per heavy atom. The highest BCUT2D eigenvalue weighted by atomic mass is 79.9. The summed E-state index contributed by atoms with van der Waals surface area (Å²) in [5.74, 6) is 0.559. The van der Waals surface area contributed by atoms with E-state index in [0.29, 0.717) is 23.0 Å². The van der Waals surface area contributed by atoms with Crippen LogP contribution >= 0.6 is 27.5 Å². The third kappa shape index (κ3) is 3.31. The van der Waals surface area contributed by atoms with Gasteiger partial charge in [-0.2, -0.15) is 0 Å². The molecule has 0 atom stereocenters. The molecule has 0 unspecified atom stereocenters. The predicted octanol–water partition coefficient (Wildman–Crippen LogP) is 4.05. The van der Waals surface area contributed by atoms with E-state index in [0.717, 1.165) is 15.7 Å². The second-order valence-electron chi connectivity index (χ2n) is 4.65. The summed E-state index contributed by atoms with van der Waals surface area (Å²) in [4.78, 5) is 11.3. The molecular weight excluding hydrogens is 356 g/mol. The molecule has 0 saturated carbocycles. The third-order valence-corrected chi connectivity index (χ3v) is 3.90. The molecule has 1 aliphatic heterocycles. The first-order valence-corrected chi connectivity index (χ1v) is 7.53. The molecule has 0 aliphatic carbocycles. The topological polar surface area (TPSA) is 50.4 Å². The summed E-state index contributed by atoms with van der Waals surface area (Å²) in [6, 6.07) is 11.4. The molecule has 1 amide bonds. The number of nitrogens with one attached hydrogen (secondary N) is 2. The Labute approximate surface area is 135 Å². The van der Waals surface area contributed by atoms with Crippen LogP contribution in [0.4, 0.5) is 11.4 Å². The zero-order chi connectivity index (χ0) is 14.8. The molecule has 0 bridgehead atoms. The number of hydrogen-bond donors (Lipinski definition) is 2. The summed E-state index contributed by atoms with van der Waals surface area (Å²) in [6.45, 7) is 0.670. The van der Waals surface area contributed by atoms with Crippen molar-refractivity contribution in [3.05, 3.63) is 51.5 Å². The van der Waals surface area contributed by atoms with E-state index in [-0.39, 0.29) is 12.5 Å². The van der Waals surface area contributed by atoms with E-state index in [1.165, 1.54) is 0 Å². The first-order valence-electron chi connectivity index (χ1n) is 6.36. The monoisotopic (exact) mass is 366 g/mol. The van der Waals surface area contributed by atoms with Gasteiger partial charge in [0.1, 0.15) is 5.75 Å². The first-order chi connectivity index (χ1) is 10.1. The van der Waals surface area contributed by atoms with Gasteiger partial charge in [0, 0.05) is 11.0 Å². The minimum absolute atomic E-state index is 0.0685. The van der Waals surface area contributed by atoms with E-state index >= 15 is 0 Å². The number of benzene rings is 2. The molecule has 0 fully saturated rings. The minimum Gasteiger partial charge on any atom is -0.482 e. The number of rotatable bonds is 3. The zero-order valence-corrected chi connectivity index (χ0v) is 13.3. The Kier molecular flexibility index (Phi) is 4.03. The molecule has 3 rings (SSSR count). The smallest absolute Gasteiger partial charge is 0.262 e. The molecule has 2 aromatic carbocycles. The number of carbonyl (C=O) groups excluding carboxylic acids is 1. The van der Waals surface area contributed by atoms with Crippen molar-refractivity contribution in [2.75, 3.05) is 17.2 Å². The van der Waals surface area contributed by atoms with Crippen molar-refractivity contribution in [3.8, 4) is 5.75 Å². The van der Waals surface area contributed by atoms with Crippen LogP contribution in [0.15, 0.2) is 40.9 Å². The third-order valence-electron chi connectivity index (χ3n) is 3.09. The van der Waals surface area contributed by atoms with Crippen LogP contribution in [0, 0.1) is 0 Å². The molecule has 1 heterocycles. The molecule has 6 heteroatoms. The number of halogens is 2. The summed E-state index contributed by atoms with van der Waals surface area (Å²) in [5.41, 5.74) is 2.59. The molecule has 0 spiro atoms. The molecule has 0 aromatic heterocycles. The summed E-state index contributed by atoms with van der Waals surface area (Å²) in [6.07, 6.45) is 0. The Morgan fingerprint density at radius 1 is 1.29 bits per heavy atom. The highest BCUT2D eigenvalue weighted by Gasteiger charge is 2.15. The fraction of sp³-hybridized carbons (Fsp3) is 0.133. The molecule has 4 nitrogen and oxygen atoms in total. The number of ether oxygens (including phenoxy) is 1. The first kappa shape index (κ1) is 14.2. The van der Waals surface area contributed by atoms with Crippen LogP contribution in [0.1, 0.15) is 5.56 Å². The Bertz CT molecular complexity index is 706. The van der Waals surface area contributed by atoms with E-state index in [2.05, 4.69) is 26.6 Å². The summed E-state index contributed by atoms with van der Waals surface area (Å²) >= 11 is 9.53. The van der Waals surface area contributed by atoms with Crippen LogP contribution in [0.25, 0.3) is 0 Å². The van der Waals surface area contributed by atoms with Gasteiger partial charge >= 0.3 is 0 Å². The summed E-state index contributed by atoms with van der Waals surface area (Å²) in [7, 11) is 0. The molecular formula is C15H12BrClN2O2. The van der Waals surface area contributed by atoms with Gasteiger partial charge in [0.25, 0.3) is 5.91 Å². The lowest BCUT2D eigenvalue weighted by molar-refractivity contribution is -0.118. The van der Waals surface area contributed by atoms with Crippen LogP contribution in [0.2, 0.25) is 5.02 Å². The maximum Gasteiger partial charge on any atom is 0.262 e. The average molecular weight is 368 g/mol. The van der Waals surface area contributed by atoms with Crippen LogP contribution < -0.4 is 15.4 Å². The quantitative estimate of drug-likeness (QED) is 0.860. The summed E-state index contributed by atoms with van der Waals surface area (Å²) < 4.78 is 6.26. The van der Waals surface area contributed by atoms with Crippen molar-refractivity contribution in [2.24, 2.45) is 0 Å². The van der Waals surface area contributed by atoms with Crippen LogP contribution in [0.5, 0.6) is 5.75 Å². The highest BCUT2D eigenvalue weighted by Crippen LogP contribution is 2.30. The standard InChI is InChI=1S/C15H12BrClN2O2/c16-10-2-3-12(11(17)6-10)18-7-9-1-4-14-13(5-9)19-15(20)8-21-14/h1-6,18H,7-8H2,(H,19,20). The number of carbonyl (C=O) groups is 1. The molecule has 2 aromatic rings. The lowest BCUT2D eigenvalue weighted by Gasteiger charge is -2.18. The van der Waals surface area contributed by atoms with E-state index in [1.807, 2.05) is 36.4 Å². The van der Waals surface area contributed by atoms with Crippen molar-refractivity contribution in [1.82, 2.24) is 0 Å². The van der Waals surface area contributed by atoms with Crippen LogP contribution in [0.3, 0.4) is 0 Å². The molecule has 2 N–H and O–H groups in total. The molecule has 1 aliphatic rings. The van der Waals surface area contributed by atoms with Gasteiger partial charge in [-0.1, -0.05) is 33.6 Å². The normalized spacial score (nSPS) is 13.1. The molecule has 0 saturated heterocycles. The van der Waals surface area contributed by atoms with E-state index < -0.39 is 0 Å². The fourth-order valence-corrected chi connectivity index (χ4v) is 2.81. The largest absolute Gasteiger partial charge is 0.482 e. The Balaban J connectivity index is 1.73. The van der Waals surface area contributed by atoms with Gasteiger partial charge in [-0.3, -0.25) is 4.79 Å². The van der Waals surface area contributed by atoms with Crippen molar-refractivity contribution < 1.29 is 9.53 Å². The molecule has 21 heavy (non-hydrogen) atoms. The van der Waals surface area contributed by atoms with Gasteiger partial charge in [0.15, 0.2) is 6.61 Å². The Morgan fingerprint density at radius 2 is 2.14 bits per heavy atom. The van der Waals surface area contributed by atoms with Crippen molar-refractivity contribution >= 4 is 44.8 Å². The van der Waals surface area contributed by atoms with Gasteiger partial charge in [-0.25, -0.2) is 0 Å². The van der Waals surface area contributed by atoms with Crippen LogP contribution in [-0.2, 0) is 11.3 Å². The predicted molar refractivity (Wildman–Crippen MR) is 87.0 cm³/mol. The maximum atomic E-state index is 11.3. The Hall–Kier alpha value is -1.72. The van der Waals surface area contributed by atoms with Gasteiger partial charge in [-0.15, -0.1) is 0 Å². The summed E-state index contributed by atoms with van der Waals surface area (Å²) in [5, 5.41) is 6.71.